The molecule has 1 N–H and O–H groups in total. The fraction of sp³-hybridized carbons (Fsp3) is 0.500. The van der Waals surface area contributed by atoms with E-state index in [4.69, 9.17) is 9.47 Å². The summed E-state index contributed by atoms with van der Waals surface area (Å²) in [7, 11) is 0. The number of H-pyrrole nitrogens is 1. The SMILES string of the molecule is Cc1ccc(OC[C@H]2CO[C@@H]3CN(Cc4ccc[nH]4)C[C@H]23)cn1. The Morgan fingerprint density at radius 1 is 1.35 bits per heavy atom. The predicted molar refractivity (Wildman–Crippen MR) is 87.3 cm³/mol. The summed E-state index contributed by atoms with van der Waals surface area (Å²) in [4.78, 5) is 10.0. The van der Waals surface area contributed by atoms with Crippen molar-refractivity contribution in [2.45, 2.75) is 19.6 Å². The molecule has 5 nitrogen and oxygen atoms in total. The van der Waals surface area contributed by atoms with Gasteiger partial charge in [-0.15, -0.1) is 0 Å². The number of likely N-dealkylation sites (tertiary alicyclic amines) is 1. The highest BCUT2D eigenvalue weighted by atomic mass is 16.5. The Balaban J connectivity index is 1.32. The van der Waals surface area contributed by atoms with Crippen molar-refractivity contribution < 1.29 is 9.47 Å². The molecule has 0 aromatic carbocycles. The Hall–Kier alpha value is -1.85. The highest BCUT2D eigenvalue weighted by Gasteiger charge is 2.43. The van der Waals surface area contributed by atoms with Crippen LogP contribution >= 0.6 is 0 Å². The standard InChI is InChI=1S/C18H23N3O2/c1-13-4-5-16(7-20-13)22-11-14-12-23-18-10-21(9-17(14)18)8-15-3-2-6-19-15/h2-7,14,17-19H,8-12H2,1H3/t14-,17+,18+/m0/s1. The van der Waals surface area contributed by atoms with Gasteiger partial charge in [-0.25, -0.2) is 0 Å². The molecular formula is C18H23N3O2. The number of nitrogens with zero attached hydrogens (tertiary/aromatic N) is 2. The minimum Gasteiger partial charge on any atom is -0.492 e. The van der Waals surface area contributed by atoms with Crippen molar-refractivity contribution in [3.8, 4) is 5.75 Å². The molecule has 3 atom stereocenters. The number of nitrogens with one attached hydrogen (secondary N) is 1. The van der Waals surface area contributed by atoms with Gasteiger partial charge in [0.25, 0.3) is 0 Å². The maximum atomic E-state index is 6.00. The molecule has 2 aromatic heterocycles. The van der Waals surface area contributed by atoms with Gasteiger partial charge in [-0.3, -0.25) is 9.88 Å². The average molecular weight is 313 g/mol. The topological polar surface area (TPSA) is 50.4 Å². The van der Waals surface area contributed by atoms with E-state index in [1.54, 1.807) is 6.20 Å². The molecule has 0 amide bonds. The number of hydrogen-bond donors (Lipinski definition) is 1. The second-order valence-corrected chi connectivity index (χ2v) is 6.63. The van der Waals surface area contributed by atoms with Crippen LogP contribution in [0.5, 0.6) is 5.75 Å². The fourth-order valence-electron chi connectivity index (χ4n) is 3.63. The molecule has 0 bridgehead atoms. The van der Waals surface area contributed by atoms with Crippen LogP contribution in [0.4, 0.5) is 0 Å². The molecule has 5 heteroatoms. The van der Waals surface area contributed by atoms with Crippen LogP contribution in [-0.4, -0.2) is 47.3 Å². The summed E-state index contributed by atoms with van der Waals surface area (Å²) in [5.74, 6) is 1.89. The maximum absolute atomic E-state index is 6.00. The Labute approximate surface area is 136 Å². The molecule has 4 rings (SSSR count). The third-order valence-corrected chi connectivity index (χ3v) is 4.92. The molecular weight excluding hydrogens is 290 g/mol. The molecule has 122 valence electrons. The number of rotatable bonds is 5. The highest BCUT2D eigenvalue weighted by Crippen LogP contribution is 2.34. The van der Waals surface area contributed by atoms with Crippen molar-refractivity contribution in [1.82, 2.24) is 14.9 Å². The zero-order valence-corrected chi connectivity index (χ0v) is 13.4. The van der Waals surface area contributed by atoms with E-state index in [2.05, 4.69) is 27.0 Å². The number of hydrogen-bond acceptors (Lipinski definition) is 4. The molecule has 0 saturated carbocycles. The molecule has 2 aliphatic rings. The van der Waals surface area contributed by atoms with Crippen LogP contribution in [0.1, 0.15) is 11.4 Å². The number of pyridine rings is 1. The zero-order chi connectivity index (χ0) is 15.6. The number of aryl methyl sites for hydroxylation is 1. The number of ether oxygens (including phenoxy) is 2. The Bertz CT molecular complexity index is 626. The van der Waals surface area contributed by atoms with Crippen LogP contribution in [0, 0.1) is 18.8 Å². The van der Waals surface area contributed by atoms with E-state index in [9.17, 15) is 0 Å². The van der Waals surface area contributed by atoms with Crippen LogP contribution < -0.4 is 4.74 Å². The number of aromatic nitrogens is 2. The molecule has 0 aliphatic carbocycles. The lowest BCUT2D eigenvalue weighted by Gasteiger charge is -2.19. The summed E-state index contributed by atoms with van der Waals surface area (Å²) in [6, 6.07) is 8.16. The van der Waals surface area contributed by atoms with Crippen molar-refractivity contribution in [2.24, 2.45) is 11.8 Å². The van der Waals surface area contributed by atoms with Crippen molar-refractivity contribution >= 4 is 0 Å². The minimum atomic E-state index is 0.356. The van der Waals surface area contributed by atoms with Gasteiger partial charge in [0.05, 0.1) is 25.5 Å². The number of fused-ring (bicyclic) bond motifs is 1. The first kappa shape index (κ1) is 14.7. The fourth-order valence-corrected chi connectivity index (χ4v) is 3.63. The summed E-state index contributed by atoms with van der Waals surface area (Å²) in [5.41, 5.74) is 2.28. The van der Waals surface area contributed by atoms with E-state index in [1.807, 2.05) is 25.3 Å². The zero-order valence-electron chi connectivity index (χ0n) is 13.4. The molecule has 0 spiro atoms. The summed E-state index contributed by atoms with van der Waals surface area (Å²) in [6.45, 7) is 6.58. The first-order chi connectivity index (χ1) is 11.3. The molecule has 0 radical (unpaired) electrons. The average Bonchev–Trinajstić information content (AvgIpc) is 3.25. The molecule has 2 fully saturated rings. The Morgan fingerprint density at radius 3 is 3.09 bits per heavy atom. The van der Waals surface area contributed by atoms with E-state index < -0.39 is 0 Å². The van der Waals surface area contributed by atoms with Crippen molar-refractivity contribution in [3.05, 3.63) is 48.0 Å². The second kappa shape index (κ2) is 6.34. The number of aromatic amines is 1. The van der Waals surface area contributed by atoms with Crippen molar-refractivity contribution in [3.63, 3.8) is 0 Å². The first-order valence-electron chi connectivity index (χ1n) is 8.29. The normalized spacial score (nSPS) is 27.3. The van der Waals surface area contributed by atoms with Gasteiger partial charge in [-0.1, -0.05) is 0 Å². The van der Waals surface area contributed by atoms with Crippen LogP contribution in [-0.2, 0) is 11.3 Å². The van der Waals surface area contributed by atoms with Crippen LogP contribution in [0.25, 0.3) is 0 Å². The smallest absolute Gasteiger partial charge is 0.137 e. The third-order valence-electron chi connectivity index (χ3n) is 4.92. The predicted octanol–water partition coefficient (Wildman–Crippen LogP) is 2.24. The largest absolute Gasteiger partial charge is 0.492 e. The van der Waals surface area contributed by atoms with Gasteiger partial charge in [-0.05, 0) is 31.2 Å². The Morgan fingerprint density at radius 2 is 2.30 bits per heavy atom. The molecule has 23 heavy (non-hydrogen) atoms. The lowest BCUT2D eigenvalue weighted by molar-refractivity contribution is 0.0895. The monoisotopic (exact) mass is 313 g/mol. The summed E-state index contributed by atoms with van der Waals surface area (Å²) < 4.78 is 11.9. The minimum absolute atomic E-state index is 0.356. The van der Waals surface area contributed by atoms with E-state index in [0.29, 0.717) is 24.5 Å². The first-order valence-corrected chi connectivity index (χ1v) is 8.29. The lowest BCUT2D eigenvalue weighted by atomic mass is 9.94. The van der Waals surface area contributed by atoms with Gasteiger partial charge in [0.2, 0.25) is 0 Å². The van der Waals surface area contributed by atoms with Gasteiger partial charge < -0.3 is 14.5 Å². The summed E-state index contributed by atoms with van der Waals surface area (Å²) in [6.07, 6.45) is 4.14. The van der Waals surface area contributed by atoms with Gasteiger partial charge in [-0.2, -0.15) is 0 Å². The van der Waals surface area contributed by atoms with Crippen LogP contribution in [0.2, 0.25) is 0 Å². The van der Waals surface area contributed by atoms with E-state index >= 15 is 0 Å². The summed E-state index contributed by atoms with van der Waals surface area (Å²) in [5, 5.41) is 0. The lowest BCUT2D eigenvalue weighted by Crippen LogP contribution is -2.26. The molecule has 2 saturated heterocycles. The van der Waals surface area contributed by atoms with Crippen molar-refractivity contribution in [2.75, 3.05) is 26.3 Å². The van der Waals surface area contributed by atoms with Gasteiger partial charge in [0, 0.05) is 49.1 Å². The molecule has 2 aliphatic heterocycles. The van der Waals surface area contributed by atoms with Crippen LogP contribution in [0.15, 0.2) is 36.7 Å². The highest BCUT2D eigenvalue weighted by molar-refractivity contribution is 5.19. The van der Waals surface area contributed by atoms with Gasteiger partial charge in [0.15, 0.2) is 0 Å². The third kappa shape index (κ3) is 3.26. The van der Waals surface area contributed by atoms with Gasteiger partial charge >= 0.3 is 0 Å². The van der Waals surface area contributed by atoms with E-state index in [0.717, 1.165) is 37.7 Å². The van der Waals surface area contributed by atoms with Crippen molar-refractivity contribution in [1.29, 1.82) is 0 Å². The molecule has 0 unspecified atom stereocenters. The quantitative estimate of drug-likeness (QED) is 0.920. The Kier molecular flexibility index (Phi) is 4.06. The van der Waals surface area contributed by atoms with E-state index in [1.165, 1.54) is 5.69 Å². The summed E-state index contributed by atoms with van der Waals surface area (Å²) >= 11 is 0. The second-order valence-electron chi connectivity index (χ2n) is 6.63. The molecule has 2 aromatic rings. The van der Waals surface area contributed by atoms with E-state index in [-0.39, 0.29) is 0 Å². The van der Waals surface area contributed by atoms with Gasteiger partial charge in [0.1, 0.15) is 5.75 Å². The van der Waals surface area contributed by atoms with Crippen LogP contribution in [0.3, 0.4) is 0 Å². The molecule has 4 heterocycles. The maximum Gasteiger partial charge on any atom is 0.137 e.